The second kappa shape index (κ2) is 4.41. The van der Waals surface area contributed by atoms with Gasteiger partial charge in [-0.3, -0.25) is 0 Å². The van der Waals surface area contributed by atoms with Gasteiger partial charge in [-0.2, -0.15) is 0 Å². The predicted octanol–water partition coefficient (Wildman–Crippen LogP) is 3.82. The van der Waals surface area contributed by atoms with Crippen molar-refractivity contribution in [1.82, 2.24) is 4.98 Å². The van der Waals surface area contributed by atoms with E-state index in [1.807, 2.05) is 0 Å². The molecule has 0 saturated heterocycles. The first-order valence-electron chi connectivity index (χ1n) is 3.25. The van der Waals surface area contributed by atoms with E-state index >= 15 is 0 Å². The summed E-state index contributed by atoms with van der Waals surface area (Å²) in [6.07, 6.45) is -2.72. The number of halogens is 5. The summed E-state index contributed by atoms with van der Waals surface area (Å²) in [6.45, 7) is 0. The Morgan fingerprint density at radius 2 is 2.08 bits per heavy atom. The van der Waals surface area contributed by atoms with Crippen LogP contribution in [0.4, 0.5) is 13.2 Å². The van der Waals surface area contributed by atoms with Gasteiger partial charge in [-0.05, 0) is 22.0 Å². The number of nitrogens with zero attached hydrogens (tertiary/aromatic N) is 1. The van der Waals surface area contributed by atoms with Gasteiger partial charge in [-0.15, -0.1) is 0 Å². The van der Waals surface area contributed by atoms with Crippen molar-refractivity contribution in [3.05, 3.63) is 27.7 Å². The fourth-order valence-electron chi connectivity index (χ4n) is 0.763. The van der Waals surface area contributed by atoms with E-state index in [2.05, 4.69) is 36.8 Å². The number of hydrogen-bond donors (Lipinski definition) is 0. The molecule has 0 atom stereocenters. The minimum absolute atomic E-state index is 0.0154. The first-order chi connectivity index (χ1) is 6.06. The molecule has 13 heavy (non-hydrogen) atoms. The van der Waals surface area contributed by atoms with Crippen molar-refractivity contribution in [3.63, 3.8) is 0 Å². The molecule has 0 N–H and O–H groups in total. The minimum atomic E-state index is -2.72. The molecule has 0 amide bonds. The van der Waals surface area contributed by atoms with Crippen molar-refractivity contribution < 1.29 is 13.2 Å². The highest BCUT2D eigenvalue weighted by Crippen LogP contribution is 2.27. The van der Waals surface area contributed by atoms with Crippen LogP contribution in [0.3, 0.4) is 0 Å². The molecule has 1 aromatic heterocycles. The van der Waals surface area contributed by atoms with Crippen molar-refractivity contribution in [2.75, 3.05) is 0 Å². The Balaban J connectivity index is 3.20. The van der Waals surface area contributed by atoms with Crippen molar-refractivity contribution in [2.45, 2.75) is 11.8 Å². The van der Waals surface area contributed by atoms with Crippen LogP contribution >= 0.6 is 31.9 Å². The lowest BCUT2D eigenvalue weighted by Gasteiger charge is -2.05. The van der Waals surface area contributed by atoms with Gasteiger partial charge in [-0.1, -0.05) is 15.9 Å². The van der Waals surface area contributed by atoms with Gasteiger partial charge in [0, 0.05) is 5.33 Å². The van der Waals surface area contributed by atoms with Gasteiger partial charge >= 0.3 is 0 Å². The molecule has 0 radical (unpaired) electrons. The molecule has 1 heterocycles. The summed E-state index contributed by atoms with van der Waals surface area (Å²) in [5, 5.41) is 0.195. The Bertz CT molecular complexity index is 317. The average Bonchev–Trinajstić information content (AvgIpc) is 2.07. The van der Waals surface area contributed by atoms with Crippen LogP contribution in [0.25, 0.3) is 0 Å². The maximum Gasteiger partial charge on any atom is 0.266 e. The quantitative estimate of drug-likeness (QED) is 0.597. The maximum atomic E-state index is 12.9. The summed E-state index contributed by atoms with van der Waals surface area (Å²) in [7, 11) is 0. The lowest BCUT2D eigenvalue weighted by molar-refractivity contribution is 0.149. The van der Waals surface area contributed by atoms with Crippen LogP contribution in [0.1, 0.15) is 17.7 Å². The monoisotopic (exact) mass is 317 g/mol. The molecule has 1 aromatic rings. The number of pyridine rings is 1. The molecule has 6 heteroatoms. The molecule has 72 valence electrons. The summed E-state index contributed by atoms with van der Waals surface area (Å²) in [6, 6.07) is 0.790. The first kappa shape index (κ1) is 11.0. The second-order valence-electron chi connectivity index (χ2n) is 2.23. The topological polar surface area (TPSA) is 12.9 Å². The van der Waals surface area contributed by atoms with Crippen molar-refractivity contribution >= 4 is 31.9 Å². The molecular formula is C7H4Br2F3N. The Morgan fingerprint density at radius 1 is 1.46 bits per heavy atom. The summed E-state index contributed by atoms with van der Waals surface area (Å²) < 4.78 is 37.3. The molecule has 0 aliphatic rings. The fraction of sp³-hybridized carbons (Fsp3) is 0.286. The number of alkyl halides is 3. The number of aromatic nitrogens is 1. The van der Waals surface area contributed by atoms with Crippen LogP contribution in [0.2, 0.25) is 0 Å². The van der Waals surface area contributed by atoms with E-state index in [1.54, 1.807) is 0 Å². The molecule has 1 nitrogen and oxygen atoms in total. The highest BCUT2D eigenvalue weighted by atomic mass is 79.9. The number of hydrogen-bond acceptors (Lipinski definition) is 1. The van der Waals surface area contributed by atoms with Gasteiger partial charge in [0.25, 0.3) is 6.43 Å². The molecular weight excluding hydrogens is 315 g/mol. The normalized spacial score (nSPS) is 10.9. The largest absolute Gasteiger partial charge is 0.266 e. The summed E-state index contributed by atoms with van der Waals surface area (Å²) in [5.41, 5.74) is -0.321. The SMILES string of the molecule is Fc1cc(C(F)F)c(Br)nc1CBr. The standard InChI is InChI=1S/C7H4Br2F3N/c8-2-5-4(10)1-3(7(11)12)6(9)13-5/h1,7H,2H2. The van der Waals surface area contributed by atoms with E-state index in [0.717, 1.165) is 6.07 Å². The summed E-state index contributed by atoms with van der Waals surface area (Å²) in [5.74, 6) is -0.727. The lowest BCUT2D eigenvalue weighted by atomic mass is 10.2. The number of rotatable bonds is 2. The Hall–Kier alpha value is -0.100. The van der Waals surface area contributed by atoms with Crippen LogP contribution in [-0.4, -0.2) is 4.98 Å². The zero-order valence-corrected chi connectivity index (χ0v) is 9.37. The highest BCUT2D eigenvalue weighted by molar-refractivity contribution is 9.10. The Morgan fingerprint density at radius 3 is 2.54 bits per heavy atom. The smallest absolute Gasteiger partial charge is 0.241 e. The van der Waals surface area contributed by atoms with Crippen LogP contribution in [0.5, 0.6) is 0 Å². The molecule has 0 bridgehead atoms. The third-order valence-corrected chi connectivity index (χ3v) is 2.56. The van der Waals surface area contributed by atoms with Crippen LogP contribution in [-0.2, 0) is 5.33 Å². The van der Waals surface area contributed by atoms with Crippen molar-refractivity contribution in [2.24, 2.45) is 0 Å². The lowest BCUT2D eigenvalue weighted by Crippen LogP contribution is -1.97. The molecule has 0 saturated carbocycles. The van der Waals surface area contributed by atoms with E-state index in [-0.39, 0.29) is 15.6 Å². The molecule has 1 rings (SSSR count). The maximum absolute atomic E-state index is 12.9. The highest BCUT2D eigenvalue weighted by Gasteiger charge is 2.16. The van der Waals surface area contributed by atoms with Gasteiger partial charge < -0.3 is 0 Å². The van der Waals surface area contributed by atoms with Crippen LogP contribution in [0.15, 0.2) is 10.7 Å². The van der Waals surface area contributed by atoms with Crippen LogP contribution in [0, 0.1) is 5.82 Å². The first-order valence-corrected chi connectivity index (χ1v) is 5.16. The zero-order valence-electron chi connectivity index (χ0n) is 6.20. The molecule has 0 aliphatic carbocycles. The molecule has 0 fully saturated rings. The molecule has 0 spiro atoms. The van der Waals surface area contributed by atoms with Crippen molar-refractivity contribution in [3.8, 4) is 0 Å². The van der Waals surface area contributed by atoms with E-state index in [0.29, 0.717) is 0 Å². The zero-order chi connectivity index (χ0) is 10.0. The molecule has 0 aliphatic heterocycles. The van der Waals surface area contributed by atoms with Crippen molar-refractivity contribution in [1.29, 1.82) is 0 Å². The van der Waals surface area contributed by atoms with Gasteiger partial charge in [0.2, 0.25) is 0 Å². The third-order valence-electron chi connectivity index (χ3n) is 1.39. The van der Waals surface area contributed by atoms with Gasteiger partial charge in [0.1, 0.15) is 10.4 Å². The third kappa shape index (κ3) is 2.43. The average molecular weight is 319 g/mol. The molecule has 0 aromatic carbocycles. The predicted molar refractivity (Wildman–Crippen MR) is 49.5 cm³/mol. The van der Waals surface area contributed by atoms with Gasteiger partial charge in [-0.25, -0.2) is 18.2 Å². The van der Waals surface area contributed by atoms with Gasteiger partial charge in [0.15, 0.2) is 0 Å². The molecule has 0 unspecified atom stereocenters. The fourth-order valence-corrected chi connectivity index (χ4v) is 1.66. The van der Waals surface area contributed by atoms with E-state index < -0.39 is 17.8 Å². The summed E-state index contributed by atoms with van der Waals surface area (Å²) >= 11 is 5.84. The second-order valence-corrected chi connectivity index (χ2v) is 3.54. The van der Waals surface area contributed by atoms with E-state index in [1.165, 1.54) is 0 Å². The van der Waals surface area contributed by atoms with E-state index in [4.69, 9.17) is 0 Å². The Kier molecular flexibility index (Phi) is 3.73. The minimum Gasteiger partial charge on any atom is -0.241 e. The Labute approximate surface area is 89.6 Å². The van der Waals surface area contributed by atoms with Crippen LogP contribution < -0.4 is 0 Å². The van der Waals surface area contributed by atoms with E-state index in [9.17, 15) is 13.2 Å². The van der Waals surface area contributed by atoms with Gasteiger partial charge in [0.05, 0.1) is 11.3 Å². The summed E-state index contributed by atoms with van der Waals surface area (Å²) in [4.78, 5) is 3.63.